The molecule has 0 aliphatic heterocycles. The van der Waals surface area contributed by atoms with Gasteiger partial charge < -0.3 is 10.1 Å². The highest BCUT2D eigenvalue weighted by Crippen LogP contribution is 2.23. The molecule has 30 heavy (non-hydrogen) atoms. The van der Waals surface area contributed by atoms with Crippen LogP contribution in [0.15, 0.2) is 58.3 Å². The molecular formula is C22H28N2O4S2. The van der Waals surface area contributed by atoms with Gasteiger partial charge in [0.15, 0.2) is 6.10 Å². The Morgan fingerprint density at radius 1 is 1.10 bits per heavy atom. The lowest BCUT2D eigenvalue weighted by Crippen LogP contribution is -2.43. The fraction of sp³-hybridized carbons (Fsp3) is 0.409. The van der Waals surface area contributed by atoms with Crippen LogP contribution in [0.1, 0.15) is 39.0 Å². The summed E-state index contributed by atoms with van der Waals surface area (Å²) in [7, 11) is -3.71. The van der Waals surface area contributed by atoms with E-state index in [2.05, 4.69) is 10.0 Å². The average Bonchev–Trinajstić information content (AvgIpc) is 2.74. The maximum atomic E-state index is 12.6. The van der Waals surface area contributed by atoms with Gasteiger partial charge in [0.2, 0.25) is 0 Å². The molecule has 0 aromatic heterocycles. The molecular weight excluding hydrogens is 420 g/mol. The van der Waals surface area contributed by atoms with Gasteiger partial charge in [-0.05, 0) is 68.5 Å². The summed E-state index contributed by atoms with van der Waals surface area (Å²) in [6, 6.07) is 13.5. The smallest absolute Gasteiger partial charge is 0.261 e. The molecule has 1 fully saturated rings. The lowest BCUT2D eigenvalue weighted by atomic mass is 9.95. The Bertz CT molecular complexity index is 955. The van der Waals surface area contributed by atoms with Gasteiger partial charge in [-0.1, -0.05) is 25.3 Å². The third-order valence-corrected chi connectivity index (χ3v) is 7.21. The first-order chi connectivity index (χ1) is 14.4. The fourth-order valence-electron chi connectivity index (χ4n) is 3.42. The number of hydrogen-bond acceptors (Lipinski definition) is 5. The van der Waals surface area contributed by atoms with E-state index in [0.29, 0.717) is 11.4 Å². The second-order valence-corrected chi connectivity index (χ2v) is 9.97. The van der Waals surface area contributed by atoms with Crippen molar-refractivity contribution < 1.29 is 17.9 Å². The Labute approximate surface area is 182 Å². The monoisotopic (exact) mass is 448 g/mol. The summed E-state index contributed by atoms with van der Waals surface area (Å²) in [4.78, 5) is 13.5. The zero-order chi connectivity index (χ0) is 21.6. The van der Waals surface area contributed by atoms with Crippen molar-refractivity contribution in [2.45, 2.75) is 61.0 Å². The Kier molecular flexibility index (Phi) is 7.66. The van der Waals surface area contributed by atoms with E-state index >= 15 is 0 Å². The Balaban J connectivity index is 1.59. The zero-order valence-corrected chi connectivity index (χ0v) is 18.9. The molecule has 162 valence electrons. The molecule has 0 bridgehead atoms. The summed E-state index contributed by atoms with van der Waals surface area (Å²) < 4.78 is 33.6. The second kappa shape index (κ2) is 10.2. The van der Waals surface area contributed by atoms with Gasteiger partial charge in [-0.3, -0.25) is 9.52 Å². The number of hydrogen-bond donors (Lipinski definition) is 2. The summed E-state index contributed by atoms with van der Waals surface area (Å²) in [5.41, 5.74) is 0.509. The number of sulfonamides is 1. The molecule has 0 spiro atoms. The van der Waals surface area contributed by atoms with E-state index in [1.807, 2.05) is 12.3 Å². The van der Waals surface area contributed by atoms with Gasteiger partial charge in [-0.15, -0.1) is 11.8 Å². The Hall–Kier alpha value is -2.19. The van der Waals surface area contributed by atoms with Gasteiger partial charge in [0.25, 0.3) is 15.9 Å². The summed E-state index contributed by atoms with van der Waals surface area (Å²) in [6.07, 6.45) is 6.82. The third kappa shape index (κ3) is 6.15. The molecule has 1 saturated carbocycles. The van der Waals surface area contributed by atoms with Crippen LogP contribution >= 0.6 is 11.8 Å². The number of amides is 1. The van der Waals surface area contributed by atoms with Gasteiger partial charge in [0.1, 0.15) is 5.75 Å². The van der Waals surface area contributed by atoms with Gasteiger partial charge in [-0.2, -0.15) is 0 Å². The summed E-state index contributed by atoms with van der Waals surface area (Å²) >= 11 is 1.54. The summed E-state index contributed by atoms with van der Waals surface area (Å²) in [5.74, 6) is 0.304. The van der Waals surface area contributed by atoms with Crippen molar-refractivity contribution in [3.63, 3.8) is 0 Å². The molecule has 1 amide bonds. The fourth-order valence-corrected chi connectivity index (χ4v) is 4.93. The van der Waals surface area contributed by atoms with Crippen LogP contribution in [0, 0.1) is 0 Å². The van der Waals surface area contributed by atoms with Crippen LogP contribution in [0.2, 0.25) is 0 Å². The Morgan fingerprint density at radius 2 is 1.80 bits per heavy atom. The van der Waals surface area contributed by atoms with E-state index in [1.54, 1.807) is 49.0 Å². The van der Waals surface area contributed by atoms with Crippen molar-refractivity contribution in [1.82, 2.24) is 5.32 Å². The van der Waals surface area contributed by atoms with Gasteiger partial charge in [0.05, 0.1) is 4.90 Å². The molecule has 2 aromatic rings. The van der Waals surface area contributed by atoms with E-state index in [4.69, 9.17) is 4.74 Å². The average molecular weight is 449 g/mol. The quantitative estimate of drug-likeness (QED) is 0.584. The van der Waals surface area contributed by atoms with E-state index in [0.717, 1.165) is 30.6 Å². The topological polar surface area (TPSA) is 84.5 Å². The Morgan fingerprint density at radius 3 is 2.47 bits per heavy atom. The molecule has 2 aromatic carbocycles. The first-order valence-corrected chi connectivity index (χ1v) is 12.8. The number of thioether (sulfide) groups is 1. The predicted octanol–water partition coefficient (Wildman–Crippen LogP) is 4.43. The lowest BCUT2D eigenvalue weighted by Gasteiger charge is -2.24. The van der Waals surface area contributed by atoms with Crippen molar-refractivity contribution in [3.8, 4) is 5.75 Å². The first-order valence-electron chi connectivity index (χ1n) is 10.1. The van der Waals surface area contributed by atoms with Crippen molar-refractivity contribution >= 4 is 33.4 Å². The van der Waals surface area contributed by atoms with Crippen LogP contribution in [0.25, 0.3) is 0 Å². The highest BCUT2D eigenvalue weighted by atomic mass is 32.2. The number of benzene rings is 2. The lowest BCUT2D eigenvalue weighted by molar-refractivity contribution is -0.128. The molecule has 6 nitrogen and oxygen atoms in total. The van der Waals surface area contributed by atoms with Crippen LogP contribution in [0.5, 0.6) is 5.75 Å². The van der Waals surface area contributed by atoms with E-state index < -0.39 is 16.1 Å². The predicted molar refractivity (Wildman–Crippen MR) is 121 cm³/mol. The zero-order valence-electron chi connectivity index (χ0n) is 17.3. The number of rotatable bonds is 8. The molecule has 0 radical (unpaired) electrons. The number of carbonyl (C=O) groups is 1. The van der Waals surface area contributed by atoms with E-state index in [1.165, 1.54) is 18.6 Å². The molecule has 0 unspecified atom stereocenters. The van der Waals surface area contributed by atoms with Crippen molar-refractivity contribution in [3.05, 3.63) is 48.5 Å². The largest absolute Gasteiger partial charge is 0.481 e. The standard InChI is InChI=1S/C22H28N2O4S2/c1-16(22(25)23-17-7-4-3-5-8-17)28-19-11-13-21(14-12-19)30(26,27)24-18-9-6-10-20(15-18)29-2/h6,9-17,24H,3-5,7-8H2,1-2H3,(H,23,25)/t16-/m0/s1. The van der Waals surface area contributed by atoms with E-state index in [-0.39, 0.29) is 16.8 Å². The number of nitrogens with one attached hydrogen (secondary N) is 2. The minimum atomic E-state index is -3.71. The molecule has 2 N–H and O–H groups in total. The molecule has 0 heterocycles. The molecule has 1 aliphatic carbocycles. The molecule has 1 atom stereocenters. The molecule has 3 rings (SSSR count). The highest BCUT2D eigenvalue weighted by Gasteiger charge is 2.21. The second-order valence-electron chi connectivity index (χ2n) is 7.41. The van der Waals surface area contributed by atoms with Crippen LogP contribution < -0.4 is 14.8 Å². The van der Waals surface area contributed by atoms with Crippen LogP contribution in [-0.4, -0.2) is 32.7 Å². The van der Waals surface area contributed by atoms with Crippen LogP contribution in [0.3, 0.4) is 0 Å². The number of ether oxygens (including phenoxy) is 1. The van der Waals surface area contributed by atoms with Crippen LogP contribution in [-0.2, 0) is 14.8 Å². The first kappa shape index (κ1) is 22.5. The van der Waals surface area contributed by atoms with Crippen molar-refractivity contribution in [2.75, 3.05) is 11.0 Å². The highest BCUT2D eigenvalue weighted by molar-refractivity contribution is 7.98. The minimum Gasteiger partial charge on any atom is -0.481 e. The molecule has 8 heteroatoms. The van der Waals surface area contributed by atoms with Gasteiger partial charge >= 0.3 is 0 Å². The number of anilines is 1. The third-order valence-electron chi connectivity index (χ3n) is 5.09. The van der Waals surface area contributed by atoms with Crippen molar-refractivity contribution in [2.24, 2.45) is 0 Å². The van der Waals surface area contributed by atoms with Crippen molar-refractivity contribution in [1.29, 1.82) is 0 Å². The van der Waals surface area contributed by atoms with E-state index in [9.17, 15) is 13.2 Å². The van der Waals surface area contributed by atoms with Crippen LogP contribution in [0.4, 0.5) is 5.69 Å². The normalized spacial score (nSPS) is 15.9. The summed E-state index contributed by atoms with van der Waals surface area (Å²) in [6.45, 7) is 1.70. The van der Waals surface area contributed by atoms with Gasteiger partial charge in [0, 0.05) is 16.6 Å². The maximum absolute atomic E-state index is 12.6. The van der Waals surface area contributed by atoms with Gasteiger partial charge in [-0.25, -0.2) is 8.42 Å². The summed E-state index contributed by atoms with van der Waals surface area (Å²) in [5, 5.41) is 3.04. The molecule has 0 saturated heterocycles. The SMILES string of the molecule is CSc1cccc(NS(=O)(=O)c2ccc(O[C@@H](C)C(=O)NC3CCCCC3)cc2)c1. The molecule has 1 aliphatic rings. The number of carbonyl (C=O) groups excluding carboxylic acids is 1. The maximum Gasteiger partial charge on any atom is 0.261 e. The minimum absolute atomic E-state index is 0.128.